The first kappa shape index (κ1) is 14.4. The first-order valence-electron chi connectivity index (χ1n) is 6.38. The van der Waals surface area contributed by atoms with Gasteiger partial charge in [-0.1, -0.05) is 5.16 Å². The van der Waals surface area contributed by atoms with E-state index in [1.165, 1.54) is 0 Å². The highest BCUT2D eigenvalue weighted by Crippen LogP contribution is 2.29. The number of hydrogen-bond acceptors (Lipinski definition) is 6. The van der Waals surface area contributed by atoms with Gasteiger partial charge in [-0.2, -0.15) is 10.1 Å². The Hall–Kier alpha value is -1.51. The standard InChI is InChI=1S/C13H14BrN5OS/c1-18(2)5-6-19-4-3-10(16-19)13-15-12(17-20-13)11-7-9(14)8-21-11/h3-4,7-8H,5-6H2,1-2H3. The minimum atomic E-state index is 0.443. The van der Waals surface area contributed by atoms with Crippen LogP contribution in [0.2, 0.25) is 0 Å². The maximum Gasteiger partial charge on any atom is 0.278 e. The van der Waals surface area contributed by atoms with Gasteiger partial charge in [0.05, 0.1) is 11.4 Å². The number of aromatic nitrogens is 4. The number of rotatable bonds is 5. The molecule has 0 saturated heterocycles. The second-order valence-corrected chi connectivity index (χ2v) is 6.65. The molecule has 0 spiro atoms. The summed E-state index contributed by atoms with van der Waals surface area (Å²) in [6.07, 6.45) is 1.92. The highest BCUT2D eigenvalue weighted by molar-refractivity contribution is 9.10. The van der Waals surface area contributed by atoms with Gasteiger partial charge >= 0.3 is 0 Å². The Morgan fingerprint density at radius 2 is 2.29 bits per heavy atom. The first-order chi connectivity index (χ1) is 10.1. The van der Waals surface area contributed by atoms with E-state index in [4.69, 9.17) is 4.52 Å². The van der Waals surface area contributed by atoms with E-state index >= 15 is 0 Å². The Kier molecular flexibility index (Phi) is 4.18. The minimum Gasteiger partial charge on any atom is -0.332 e. The largest absolute Gasteiger partial charge is 0.332 e. The van der Waals surface area contributed by atoms with Gasteiger partial charge in [0.1, 0.15) is 0 Å². The van der Waals surface area contributed by atoms with E-state index in [0.717, 1.165) is 22.4 Å². The van der Waals surface area contributed by atoms with E-state index in [-0.39, 0.29) is 0 Å². The Bertz CT molecular complexity index is 732. The molecule has 3 rings (SSSR count). The second kappa shape index (κ2) is 6.08. The Balaban J connectivity index is 1.77. The lowest BCUT2D eigenvalue weighted by Crippen LogP contribution is -2.18. The van der Waals surface area contributed by atoms with Gasteiger partial charge in [-0.3, -0.25) is 4.68 Å². The van der Waals surface area contributed by atoms with Gasteiger partial charge in [0.15, 0.2) is 5.69 Å². The zero-order valence-corrected chi connectivity index (χ0v) is 14.1. The van der Waals surface area contributed by atoms with E-state index in [2.05, 4.69) is 36.1 Å². The van der Waals surface area contributed by atoms with Crippen LogP contribution in [0.1, 0.15) is 0 Å². The summed E-state index contributed by atoms with van der Waals surface area (Å²) in [5.74, 6) is 1.03. The number of hydrogen-bond donors (Lipinski definition) is 0. The monoisotopic (exact) mass is 367 g/mol. The molecule has 3 aromatic heterocycles. The zero-order valence-electron chi connectivity index (χ0n) is 11.7. The molecule has 0 saturated carbocycles. The van der Waals surface area contributed by atoms with Crippen molar-refractivity contribution in [1.82, 2.24) is 24.8 Å². The van der Waals surface area contributed by atoms with Gasteiger partial charge in [0.2, 0.25) is 5.82 Å². The number of nitrogens with zero attached hydrogens (tertiary/aromatic N) is 5. The zero-order chi connectivity index (χ0) is 14.8. The Morgan fingerprint density at radius 3 is 3.00 bits per heavy atom. The maximum atomic E-state index is 5.30. The van der Waals surface area contributed by atoms with Crippen molar-refractivity contribution in [3.63, 3.8) is 0 Å². The molecule has 3 heterocycles. The molecular weight excluding hydrogens is 354 g/mol. The van der Waals surface area contributed by atoms with Crippen LogP contribution in [-0.4, -0.2) is 45.5 Å². The fourth-order valence-electron chi connectivity index (χ4n) is 1.76. The van der Waals surface area contributed by atoms with Crippen molar-refractivity contribution in [2.75, 3.05) is 20.6 Å². The van der Waals surface area contributed by atoms with Crippen molar-refractivity contribution in [2.24, 2.45) is 0 Å². The second-order valence-electron chi connectivity index (χ2n) is 4.82. The molecule has 0 fully saturated rings. The number of likely N-dealkylation sites (N-methyl/N-ethyl adjacent to an activating group) is 1. The summed E-state index contributed by atoms with van der Waals surface area (Å²) in [5.41, 5.74) is 0.697. The number of halogens is 1. The highest BCUT2D eigenvalue weighted by atomic mass is 79.9. The molecule has 0 unspecified atom stereocenters. The van der Waals surface area contributed by atoms with E-state index in [1.807, 2.05) is 42.5 Å². The average molecular weight is 368 g/mol. The third-order valence-electron chi connectivity index (χ3n) is 2.85. The summed E-state index contributed by atoms with van der Waals surface area (Å²) in [4.78, 5) is 7.47. The van der Waals surface area contributed by atoms with Crippen molar-refractivity contribution >= 4 is 27.3 Å². The van der Waals surface area contributed by atoms with Gasteiger partial charge in [0, 0.05) is 22.6 Å². The summed E-state index contributed by atoms with van der Waals surface area (Å²) >= 11 is 4.98. The lowest BCUT2D eigenvalue weighted by molar-refractivity contribution is 0.373. The molecule has 110 valence electrons. The van der Waals surface area contributed by atoms with Crippen LogP contribution in [0.3, 0.4) is 0 Å². The van der Waals surface area contributed by atoms with Gasteiger partial charge < -0.3 is 9.42 Å². The van der Waals surface area contributed by atoms with Crippen LogP contribution in [0.25, 0.3) is 22.3 Å². The molecule has 0 N–H and O–H groups in total. The van der Waals surface area contributed by atoms with Crippen LogP contribution < -0.4 is 0 Å². The fourth-order valence-corrected chi connectivity index (χ4v) is 3.11. The highest BCUT2D eigenvalue weighted by Gasteiger charge is 2.14. The van der Waals surface area contributed by atoms with Crippen LogP contribution in [0, 0.1) is 0 Å². The van der Waals surface area contributed by atoms with Crippen LogP contribution in [0.15, 0.2) is 32.7 Å². The minimum absolute atomic E-state index is 0.443. The third kappa shape index (κ3) is 3.39. The summed E-state index contributed by atoms with van der Waals surface area (Å²) < 4.78 is 8.19. The van der Waals surface area contributed by atoms with Crippen molar-refractivity contribution in [2.45, 2.75) is 6.54 Å². The van der Waals surface area contributed by atoms with E-state index in [9.17, 15) is 0 Å². The predicted molar refractivity (Wildman–Crippen MR) is 85.1 cm³/mol. The molecule has 0 aliphatic carbocycles. The van der Waals surface area contributed by atoms with Crippen molar-refractivity contribution in [3.05, 3.63) is 28.2 Å². The SMILES string of the molecule is CN(C)CCn1ccc(-c2nc(-c3cc(Br)cs3)no2)n1. The molecule has 0 bridgehead atoms. The molecule has 8 heteroatoms. The van der Waals surface area contributed by atoms with Crippen LogP contribution in [-0.2, 0) is 6.54 Å². The molecule has 0 aliphatic heterocycles. The molecule has 0 atom stereocenters. The van der Waals surface area contributed by atoms with Crippen molar-refractivity contribution in [3.8, 4) is 22.3 Å². The number of thiophene rings is 1. The van der Waals surface area contributed by atoms with Crippen LogP contribution in [0.5, 0.6) is 0 Å². The molecule has 0 radical (unpaired) electrons. The van der Waals surface area contributed by atoms with Crippen LogP contribution >= 0.6 is 27.3 Å². The lowest BCUT2D eigenvalue weighted by atomic mass is 10.4. The maximum absolute atomic E-state index is 5.30. The Labute approximate surface area is 134 Å². The van der Waals surface area contributed by atoms with Crippen LogP contribution in [0.4, 0.5) is 0 Å². The van der Waals surface area contributed by atoms with E-state index < -0.39 is 0 Å². The predicted octanol–water partition coefficient (Wildman–Crippen LogP) is 2.99. The Morgan fingerprint density at radius 1 is 1.43 bits per heavy atom. The summed E-state index contributed by atoms with van der Waals surface area (Å²) in [7, 11) is 4.07. The van der Waals surface area contributed by atoms with E-state index in [1.54, 1.807) is 11.3 Å². The molecule has 0 aromatic carbocycles. The molecule has 0 aliphatic rings. The van der Waals surface area contributed by atoms with E-state index in [0.29, 0.717) is 17.4 Å². The van der Waals surface area contributed by atoms with Gasteiger partial charge in [-0.05, 0) is 42.2 Å². The first-order valence-corrected chi connectivity index (χ1v) is 8.06. The summed E-state index contributed by atoms with van der Waals surface area (Å²) in [6.45, 7) is 1.76. The molecular formula is C13H14BrN5OS. The topological polar surface area (TPSA) is 60.0 Å². The molecule has 6 nitrogen and oxygen atoms in total. The summed E-state index contributed by atoms with van der Waals surface area (Å²) in [5, 5.41) is 10.4. The van der Waals surface area contributed by atoms with Crippen molar-refractivity contribution < 1.29 is 4.52 Å². The fraction of sp³-hybridized carbons (Fsp3) is 0.308. The summed E-state index contributed by atoms with van der Waals surface area (Å²) in [6, 6.07) is 3.85. The van der Waals surface area contributed by atoms with Gasteiger partial charge in [-0.25, -0.2) is 0 Å². The molecule has 3 aromatic rings. The third-order valence-corrected chi connectivity index (χ3v) is 4.54. The molecule has 21 heavy (non-hydrogen) atoms. The molecule has 0 amide bonds. The normalized spacial score (nSPS) is 11.4. The lowest BCUT2D eigenvalue weighted by Gasteiger charge is -2.08. The smallest absolute Gasteiger partial charge is 0.278 e. The van der Waals surface area contributed by atoms with Crippen molar-refractivity contribution in [1.29, 1.82) is 0 Å². The van der Waals surface area contributed by atoms with Gasteiger partial charge in [-0.15, -0.1) is 11.3 Å². The quantitative estimate of drug-likeness (QED) is 0.693. The van der Waals surface area contributed by atoms with Gasteiger partial charge in [0.25, 0.3) is 5.89 Å². The average Bonchev–Trinajstić information content (AvgIpc) is 3.15.